The van der Waals surface area contributed by atoms with E-state index in [2.05, 4.69) is 36.3 Å². The third-order valence-corrected chi connectivity index (χ3v) is 5.82. The predicted molar refractivity (Wildman–Crippen MR) is 121 cm³/mol. The number of halogens is 1. The molecule has 1 aliphatic rings. The zero-order valence-electron chi connectivity index (χ0n) is 17.2. The molecule has 1 unspecified atom stereocenters. The van der Waals surface area contributed by atoms with Crippen LogP contribution < -0.4 is 5.32 Å². The SMILES string of the molecule is CC(=O)c1cccc(NC(=O)C2CCCN(Cc3nc(-c4cccc(Br)c4)no3)C2)c1. The van der Waals surface area contributed by atoms with Gasteiger partial charge in [0.2, 0.25) is 17.6 Å². The molecule has 1 atom stereocenters. The van der Waals surface area contributed by atoms with E-state index in [-0.39, 0.29) is 17.6 Å². The number of anilines is 1. The number of ketones is 1. The van der Waals surface area contributed by atoms with Crippen LogP contribution in [0.4, 0.5) is 5.69 Å². The van der Waals surface area contributed by atoms with Gasteiger partial charge in [-0.05, 0) is 50.6 Å². The highest BCUT2D eigenvalue weighted by Crippen LogP contribution is 2.23. The number of piperidine rings is 1. The zero-order chi connectivity index (χ0) is 21.8. The van der Waals surface area contributed by atoms with E-state index in [1.165, 1.54) is 6.92 Å². The van der Waals surface area contributed by atoms with Crippen LogP contribution in [0.2, 0.25) is 0 Å². The minimum Gasteiger partial charge on any atom is -0.338 e. The lowest BCUT2D eigenvalue weighted by Gasteiger charge is -2.30. The molecule has 0 spiro atoms. The van der Waals surface area contributed by atoms with Crippen molar-refractivity contribution in [1.82, 2.24) is 15.0 Å². The molecule has 1 saturated heterocycles. The number of hydrogen-bond acceptors (Lipinski definition) is 6. The van der Waals surface area contributed by atoms with Crippen molar-refractivity contribution in [3.05, 3.63) is 64.5 Å². The molecule has 160 valence electrons. The van der Waals surface area contributed by atoms with E-state index in [1.807, 2.05) is 24.3 Å². The minimum atomic E-state index is -0.137. The quantitative estimate of drug-likeness (QED) is 0.518. The maximum Gasteiger partial charge on any atom is 0.241 e. The highest BCUT2D eigenvalue weighted by molar-refractivity contribution is 9.10. The molecular formula is C23H23BrN4O3. The van der Waals surface area contributed by atoms with Gasteiger partial charge in [0.05, 0.1) is 12.5 Å². The van der Waals surface area contributed by atoms with Crippen LogP contribution in [-0.4, -0.2) is 39.8 Å². The van der Waals surface area contributed by atoms with Gasteiger partial charge in [-0.15, -0.1) is 0 Å². The zero-order valence-corrected chi connectivity index (χ0v) is 18.8. The molecule has 31 heavy (non-hydrogen) atoms. The van der Waals surface area contributed by atoms with Crippen molar-refractivity contribution in [2.24, 2.45) is 5.92 Å². The predicted octanol–water partition coefficient (Wildman–Crippen LogP) is 4.55. The number of amides is 1. The van der Waals surface area contributed by atoms with Crippen molar-refractivity contribution in [2.75, 3.05) is 18.4 Å². The molecular weight excluding hydrogens is 460 g/mol. The van der Waals surface area contributed by atoms with Gasteiger partial charge in [-0.2, -0.15) is 4.98 Å². The third-order valence-electron chi connectivity index (χ3n) is 5.32. The molecule has 7 nitrogen and oxygen atoms in total. The minimum absolute atomic E-state index is 0.0262. The van der Waals surface area contributed by atoms with E-state index in [0.717, 1.165) is 29.4 Å². The molecule has 3 aromatic rings. The van der Waals surface area contributed by atoms with Gasteiger partial charge in [0.1, 0.15) is 0 Å². The maximum atomic E-state index is 12.8. The Morgan fingerprint density at radius 3 is 2.87 bits per heavy atom. The highest BCUT2D eigenvalue weighted by atomic mass is 79.9. The van der Waals surface area contributed by atoms with Crippen LogP contribution in [0.15, 0.2) is 57.5 Å². The Labute approximate surface area is 189 Å². The Morgan fingerprint density at radius 1 is 1.23 bits per heavy atom. The van der Waals surface area contributed by atoms with Gasteiger partial charge >= 0.3 is 0 Å². The van der Waals surface area contributed by atoms with E-state index in [0.29, 0.717) is 36.1 Å². The Kier molecular flexibility index (Phi) is 6.58. The Balaban J connectivity index is 1.37. The summed E-state index contributed by atoms with van der Waals surface area (Å²) in [5.74, 6) is 0.882. The van der Waals surface area contributed by atoms with Crippen molar-refractivity contribution in [1.29, 1.82) is 0 Å². The lowest BCUT2D eigenvalue weighted by molar-refractivity contribution is -0.121. The first-order valence-electron chi connectivity index (χ1n) is 10.2. The van der Waals surface area contributed by atoms with E-state index in [4.69, 9.17) is 4.52 Å². The Morgan fingerprint density at radius 2 is 2.06 bits per heavy atom. The summed E-state index contributed by atoms with van der Waals surface area (Å²) in [7, 11) is 0. The second-order valence-electron chi connectivity index (χ2n) is 7.72. The van der Waals surface area contributed by atoms with Gasteiger partial charge in [-0.3, -0.25) is 14.5 Å². The van der Waals surface area contributed by atoms with E-state index in [9.17, 15) is 9.59 Å². The van der Waals surface area contributed by atoms with Crippen LogP contribution in [-0.2, 0) is 11.3 Å². The first-order valence-corrected chi connectivity index (χ1v) is 11.0. The number of rotatable bonds is 6. The number of carbonyl (C=O) groups is 2. The molecule has 0 bridgehead atoms. The largest absolute Gasteiger partial charge is 0.338 e. The molecule has 2 aromatic carbocycles. The Hall–Kier alpha value is -2.84. The first kappa shape index (κ1) is 21.4. The fourth-order valence-corrected chi connectivity index (χ4v) is 4.13. The summed E-state index contributed by atoms with van der Waals surface area (Å²) < 4.78 is 6.39. The number of hydrogen-bond donors (Lipinski definition) is 1. The summed E-state index contributed by atoms with van der Waals surface area (Å²) in [5, 5.41) is 7.03. The molecule has 2 heterocycles. The smallest absolute Gasteiger partial charge is 0.241 e. The van der Waals surface area contributed by atoms with Gasteiger partial charge in [0.25, 0.3) is 0 Å². The number of Topliss-reactive ketones (excluding diaryl/α,β-unsaturated/α-hetero) is 1. The average Bonchev–Trinajstić information content (AvgIpc) is 3.22. The van der Waals surface area contributed by atoms with Gasteiger partial charge in [0.15, 0.2) is 5.78 Å². The van der Waals surface area contributed by atoms with Crippen molar-refractivity contribution >= 4 is 33.3 Å². The van der Waals surface area contributed by atoms with Crippen LogP contribution in [0.1, 0.15) is 36.0 Å². The fourth-order valence-electron chi connectivity index (χ4n) is 3.73. The highest BCUT2D eigenvalue weighted by Gasteiger charge is 2.27. The standard InChI is InChI=1S/C23H23BrN4O3/c1-15(29)16-5-3-9-20(12-16)25-23(30)18-7-4-10-28(13-18)14-21-26-22(27-31-21)17-6-2-8-19(24)11-17/h2-3,5-6,8-9,11-12,18H,4,7,10,13-14H2,1H3,(H,25,30). The molecule has 1 amide bonds. The second-order valence-corrected chi connectivity index (χ2v) is 8.64. The van der Waals surface area contributed by atoms with E-state index < -0.39 is 0 Å². The molecule has 4 rings (SSSR count). The molecule has 1 N–H and O–H groups in total. The third kappa shape index (κ3) is 5.45. The summed E-state index contributed by atoms with van der Waals surface area (Å²) in [4.78, 5) is 31.0. The van der Waals surface area contributed by atoms with Crippen LogP contribution in [0.3, 0.4) is 0 Å². The van der Waals surface area contributed by atoms with Crippen molar-refractivity contribution in [3.63, 3.8) is 0 Å². The van der Waals surface area contributed by atoms with Gasteiger partial charge < -0.3 is 9.84 Å². The molecule has 1 fully saturated rings. The number of aromatic nitrogens is 2. The van der Waals surface area contributed by atoms with Crippen LogP contribution in [0.5, 0.6) is 0 Å². The number of nitrogens with zero attached hydrogens (tertiary/aromatic N) is 3. The van der Waals surface area contributed by atoms with Crippen molar-refractivity contribution < 1.29 is 14.1 Å². The van der Waals surface area contributed by atoms with E-state index >= 15 is 0 Å². The lowest BCUT2D eigenvalue weighted by Crippen LogP contribution is -2.40. The van der Waals surface area contributed by atoms with Crippen molar-refractivity contribution in [3.8, 4) is 11.4 Å². The monoisotopic (exact) mass is 482 g/mol. The summed E-state index contributed by atoms with van der Waals surface area (Å²) in [6.45, 7) is 3.51. The van der Waals surface area contributed by atoms with E-state index in [1.54, 1.807) is 24.3 Å². The lowest BCUT2D eigenvalue weighted by atomic mass is 9.97. The van der Waals surface area contributed by atoms with Gasteiger partial charge in [-0.1, -0.05) is 45.4 Å². The number of likely N-dealkylation sites (tertiary alicyclic amines) is 1. The first-order chi connectivity index (χ1) is 15.0. The molecule has 8 heteroatoms. The molecule has 1 aliphatic heterocycles. The Bertz CT molecular complexity index is 1100. The molecule has 1 aromatic heterocycles. The van der Waals surface area contributed by atoms with Crippen LogP contribution in [0.25, 0.3) is 11.4 Å². The fraction of sp³-hybridized carbons (Fsp3) is 0.304. The number of carbonyl (C=O) groups excluding carboxylic acids is 2. The van der Waals surface area contributed by atoms with Crippen LogP contribution >= 0.6 is 15.9 Å². The molecule has 0 aliphatic carbocycles. The summed E-state index contributed by atoms with van der Waals surface area (Å²) >= 11 is 3.45. The maximum absolute atomic E-state index is 12.8. The van der Waals surface area contributed by atoms with Crippen LogP contribution in [0, 0.1) is 5.92 Å². The summed E-state index contributed by atoms with van der Waals surface area (Å²) in [5.41, 5.74) is 2.11. The summed E-state index contributed by atoms with van der Waals surface area (Å²) in [6, 6.07) is 14.8. The molecule has 0 radical (unpaired) electrons. The average molecular weight is 483 g/mol. The summed E-state index contributed by atoms with van der Waals surface area (Å²) in [6.07, 6.45) is 1.74. The van der Waals surface area contributed by atoms with Gasteiger partial charge in [-0.25, -0.2) is 0 Å². The van der Waals surface area contributed by atoms with Gasteiger partial charge in [0, 0.05) is 27.8 Å². The number of benzene rings is 2. The normalized spacial score (nSPS) is 16.8. The molecule has 0 saturated carbocycles. The topological polar surface area (TPSA) is 88.3 Å². The van der Waals surface area contributed by atoms with Crippen molar-refractivity contribution in [2.45, 2.75) is 26.3 Å². The number of nitrogens with one attached hydrogen (secondary N) is 1. The second kappa shape index (κ2) is 9.53.